The van der Waals surface area contributed by atoms with Crippen LogP contribution in [0, 0.1) is 6.92 Å². The van der Waals surface area contributed by atoms with Gasteiger partial charge in [-0.15, -0.1) is 0 Å². The second-order valence-electron chi connectivity index (χ2n) is 8.32. The van der Waals surface area contributed by atoms with Crippen LogP contribution < -0.4 is 0 Å². The lowest BCUT2D eigenvalue weighted by Crippen LogP contribution is -2.65. The minimum Gasteiger partial charge on any atom is -0.394 e. The van der Waals surface area contributed by atoms with Gasteiger partial charge < -0.3 is 49.2 Å². The molecule has 0 amide bonds. The Bertz CT molecular complexity index is 908. The van der Waals surface area contributed by atoms with E-state index >= 15 is 0 Å². The summed E-state index contributed by atoms with van der Waals surface area (Å²) in [6.07, 6.45) is -14.4. The van der Waals surface area contributed by atoms with Crippen LogP contribution in [-0.4, -0.2) is 123 Å². The second-order valence-corrected chi connectivity index (χ2v) is 9.93. The van der Waals surface area contributed by atoms with Crippen LogP contribution in [0.3, 0.4) is 0 Å². The highest BCUT2D eigenvalue weighted by Crippen LogP contribution is 2.30. The Hall–Kier alpha value is -1.27. The van der Waals surface area contributed by atoms with Gasteiger partial charge in [-0.05, 0) is 19.1 Å². The molecule has 2 aliphatic rings. The van der Waals surface area contributed by atoms with E-state index < -0.39 is 84.7 Å². The molecule has 10 atom stereocenters. The molecule has 3 rings (SSSR count). The summed E-state index contributed by atoms with van der Waals surface area (Å²) in [6, 6.07) is 5.92. The van der Waals surface area contributed by atoms with Crippen molar-refractivity contribution in [3.8, 4) is 0 Å². The highest BCUT2D eigenvalue weighted by Gasteiger charge is 2.51. The average Bonchev–Trinajstić information content (AvgIpc) is 2.84. The van der Waals surface area contributed by atoms with Crippen molar-refractivity contribution in [2.24, 2.45) is 0 Å². The lowest BCUT2D eigenvalue weighted by atomic mass is 9.97. The normalized spacial score (nSPS) is 38.4. The predicted molar refractivity (Wildman–Crippen MR) is 115 cm³/mol. The molecule has 14 heteroatoms. The van der Waals surface area contributed by atoms with Gasteiger partial charge >= 0.3 is 0 Å². The summed E-state index contributed by atoms with van der Waals surface area (Å²) in [4.78, 5) is -0.106. The number of hydrogen-bond acceptors (Lipinski definition) is 13. The van der Waals surface area contributed by atoms with Gasteiger partial charge in [0.1, 0.15) is 48.8 Å². The number of ether oxygens (including phenoxy) is 5. The Morgan fingerprint density at radius 2 is 1.40 bits per heavy atom. The minimum absolute atomic E-state index is 0.106. The second kappa shape index (κ2) is 11.9. The molecule has 200 valence electrons. The number of benzene rings is 1. The van der Waals surface area contributed by atoms with Crippen LogP contribution in [0.25, 0.3) is 0 Å². The Kier molecular flexibility index (Phi) is 9.58. The molecule has 2 heterocycles. The summed E-state index contributed by atoms with van der Waals surface area (Å²) in [7, 11) is -1.75. The zero-order chi connectivity index (χ0) is 25.9. The van der Waals surface area contributed by atoms with Crippen molar-refractivity contribution in [1.82, 2.24) is 0 Å². The fourth-order valence-corrected chi connectivity index (χ4v) is 4.86. The third kappa shape index (κ3) is 6.18. The molecule has 5 N–H and O–H groups in total. The molecule has 0 bridgehead atoms. The molecule has 2 unspecified atom stereocenters. The highest BCUT2D eigenvalue weighted by molar-refractivity contribution is 7.86. The van der Waals surface area contributed by atoms with E-state index in [1.54, 1.807) is 19.1 Å². The molecule has 0 saturated carbocycles. The smallest absolute Gasteiger partial charge is 0.297 e. The molecule has 1 aromatic carbocycles. The molecule has 13 nitrogen and oxygen atoms in total. The third-order valence-electron chi connectivity index (χ3n) is 5.95. The summed E-state index contributed by atoms with van der Waals surface area (Å²) in [6.45, 7) is 0.559. The predicted octanol–water partition coefficient (Wildman–Crippen LogP) is -2.37. The van der Waals surface area contributed by atoms with E-state index in [-0.39, 0.29) is 4.90 Å². The van der Waals surface area contributed by atoms with E-state index in [0.29, 0.717) is 0 Å². The van der Waals surface area contributed by atoms with Crippen molar-refractivity contribution in [3.05, 3.63) is 29.8 Å². The summed E-state index contributed by atoms with van der Waals surface area (Å²) in [5, 5.41) is 51.4. The molecule has 0 spiro atoms. The lowest BCUT2D eigenvalue weighted by Gasteiger charge is -2.46. The van der Waals surface area contributed by atoms with Crippen LogP contribution >= 0.6 is 0 Å². The molecule has 0 radical (unpaired) electrons. The van der Waals surface area contributed by atoms with Gasteiger partial charge in [0, 0.05) is 14.2 Å². The zero-order valence-electron chi connectivity index (χ0n) is 19.4. The van der Waals surface area contributed by atoms with Crippen molar-refractivity contribution >= 4 is 10.1 Å². The first-order valence-corrected chi connectivity index (χ1v) is 12.3. The van der Waals surface area contributed by atoms with E-state index in [9.17, 15) is 34.0 Å². The Balaban J connectivity index is 1.79. The fourth-order valence-electron chi connectivity index (χ4n) is 3.94. The van der Waals surface area contributed by atoms with Crippen molar-refractivity contribution in [2.75, 3.05) is 27.4 Å². The zero-order valence-corrected chi connectivity index (χ0v) is 20.2. The Morgan fingerprint density at radius 3 is 1.97 bits per heavy atom. The molecule has 35 heavy (non-hydrogen) atoms. The van der Waals surface area contributed by atoms with E-state index in [2.05, 4.69) is 0 Å². The van der Waals surface area contributed by atoms with Crippen LogP contribution in [0.15, 0.2) is 29.2 Å². The van der Waals surface area contributed by atoms with Gasteiger partial charge in [0.25, 0.3) is 10.1 Å². The van der Waals surface area contributed by atoms with E-state index in [1.165, 1.54) is 26.4 Å². The van der Waals surface area contributed by atoms with Gasteiger partial charge in [-0.3, -0.25) is 4.18 Å². The minimum atomic E-state index is -4.22. The van der Waals surface area contributed by atoms with E-state index in [0.717, 1.165) is 5.56 Å². The number of aliphatic hydroxyl groups is 5. The highest BCUT2D eigenvalue weighted by atomic mass is 32.2. The van der Waals surface area contributed by atoms with Crippen LogP contribution in [0.5, 0.6) is 0 Å². The molecule has 2 fully saturated rings. The number of hydrogen-bond donors (Lipinski definition) is 5. The van der Waals surface area contributed by atoms with Gasteiger partial charge in [-0.2, -0.15) is 8.42 Å². The number of aryl methyl sites for hydroxylation is 1. The third-order valence-corrected chi connectivity index (χ3v) is 7.25. The topological polar surface area (TPSA) is 191 Å². The summed E-state index contributed by atoms with van der Waals surface area (Å²) >= 11 is 0. The summed E-state index contributed by atoms with van der Waals surface area (Å²) in [5.74, 6) is 0. The lowest BCUT2D eigenvalue weighted by molar-refractivity contribution is -0.357. The molecular formula is C21H32O13S. The average molecular weight is 525 g/mol. The summed E-state index contributed by atoms with van der Waals surface area (Å²) < 4.78 is 57.1. The van der Waals surface area contributed by atoms with Crippen LogP contribution in [0.2, 0.25) is 0 Å². The molecule has 0 aliphatic carbocycles. The van der Waals surface area contributed by atoms with Crippen molar-refractivity contribution < 1.29 is 61.8 Å². The maximum absolute atomic E-state index is 12.6. The largest absolute Gasteiger partial charge is 0.394 e. The van der Waals surface area contributed by atoms with E-state index in [4.69, 9.17) is 27.9 Å². The van der Waals surface area contributed by atoms with Crippen LogP contribution in [0.1, 0.15) is 5.56 Å². The Morgan fingerprint density at radius 1 is 0.829 bits per heavy atom. The van der Waals surface area contributed by atoms with Crippen LogP contribution in [-0.2, 0) is 38.0 Å². The first kappa shape index (κ1) is 28.3. The number of aliphatic hydroxyl groups excluding tert-OH is 5. The van der Waals surface area contributed by atoms with Crippen molar-refractivity contribution in [1.29, 1.82) is 0 Å². The number of rotatable bonds is 9. The first-order valence-electron chi connectivity index (χ1n) is 10.8. The van der Waals surface area contributed by atoms with Crippen molar-refractivity contribution in [2.45, 2.75) is 73.2 Å². The first-order chi connectivity index (χ1) is 16.5. The maximum Gasteiger partial charge on any atom is 0.297 e. The number of methoxy groups -OCH3 is 2. The Labute approximate surface area is 202 Å². The quantitative estimate of drug-likeness (QED) is 0.216. The van der Waals surface area contributed by atoms with Gasteiger partial charge in [0.2, 0.25) is 0 Å². The standard InChI is InChI=1S/C21H32O13S/c1-10-4-6-11(7-5-10)35(27,28)31-9-13-19(15(24)16(25)20(30-3)33-13)34-21-17(26)14(23)18(29-2)12(8-22)32-21/h4-7,12-26H,8-9H2,1-3H3/t12?,13?,14-,15-,16-,17-,18-,19-,20+,21-/m1/s1. The van der Waals surface area contributed by atoms with Gasteiger partial charge in [-0.1, -0.05) is 17.7 Å². The van der Waals surface area contributed by atoms with Gasteiger partial charge in [0.05, 0.1) is 18.1 Å². The van der Waals surface area contributed by atoms with Gasteiger partial charge in [-0.25, -0.2) is 0 Å². The van der Waals surface area contributed by atoms with Gasteiger partial charge in [0.15, 0.2) is 12.6 Å². The molecule has 2 saturated heterocycles. The van der Waals surface area contributed by atoms with Crippen molar-refractivity contribution in [3.63, 3.8) is 0 Å². The monoisotopic (exact) mass is 524 g/mol. The molecule has 0 aromatic heterocycles. The molecular weight excluding hydrogens is 492 g/mol. The summed E-state index contributed by atoms with van der Waals surface area (Å²) in [5.41, 5.74) is 0.846. The van der Waals surface area contributed by atoms with Crippen LogP contribution in [0.4, 0.5) is 0 Å². The maximum atomic E-state index is 12.6. The molecule has 2 aliphatic heterocycles. The SMILES string of the molecule is CO[C@H]1OC(COS(=O)(=O)c2ccc(C)cc2)[C@@H](O[C@H]2OC(CO)[C@@H](OC)[C@H](O)[C@H]2O)[C@H](O)[C@H]1O. The van der Waals surface area contributed by atoms with E-state index in [1.807, 2.05) is 0 Å². The fraction of sp³-hybridized carbons (Fsp3) is 0.714. The molecule has 1 aromatic rings.